The molecule has 2 heterocycles. The second kappa shape index (κ2) is 7.80. The van der Waals surface area contributed by atoms with Gasteiger partial charge in [-0.15, -0.1) is 0 Å². The molecule has 0 bridgehead atoms. The van der Waals surface area contributed by atoms with Crippen LogP contribution in [0.4, 0.5) is 0 Å². The standard InChI is InChI=1S/C22H23BrN2O3/c1-6-24-15(4)20(22(27)28-5)19(21(24)26)11-16-10-13(2)25(14(16)3)18-9-7-8-17(23)12-18/h7-12H,6H2,1-5H3. The number of likely N-dealkylation sites (N-methyl/N-ethyl adjacent to an activating group) is 1. The van der Waals surface area contributed by atoms with Crippen LogP contribution in [0.1, 0.15) is 30.8 Å². The summed E-state index contributed by atoms with van der Waals surface area (Å²) in [7, 11) is 1.33. The summed E-state index contributed by atoms with van der Waals surface area (Å²) in [6.07, 6.45) is 1.80. The van der Waals surface area contributed by atoms with Gasteiger partial charge in [-0.25, -0.2) is 4.79 Å². The maximum Gasteiger partial charge on any atom is 0.340 e. The second-order valence-electron chi connectivity index (χ2n) is 6.70. The third-order valence-corrected chi connectivity index (χ3v) is 5.55. The first-order chi connectivity index (χ1) is 13.3. The van der Waals surface area contributed by atoms with Gasteiger partial charge in [-0.1, -0.05) is 22.0 Å². The van der Waals surface area contributed by atoms with E-state index in [2.05, 4.69) is 20.5 Å². The van der Waals surface area contributed by atoms with Crippen molar-refractivity contribution in [1.29, 1.82) is 0 Å². The highest BCUT2D eigenvalue weighted by molar-refractivity contribution is 9.10. The van der Waals surface area contributed by atoms with Crippen molar-refractivity contribution < 1.29 is 14.3 Å². The van der Waals surface area contributed by atoms with E-state index in [-0.39, 0.29) is 5.91 Å². The molecule has 1 aliphatic heterocycles. The number of hydrogen-bond donors (Lipinski definition) is 0. The first-order valence-electron chi connectivity index (χ1n) is 9.08. The number of esters is 1. The normalized spacial score (nSPS) is 15.7. The summed E-state index contributed by atoms with van der Waals surface area (Å²) in [5.74, 6) is -0.665. The number of carbonyl (C=O) groups is 2. The smallest absolute Gasteiger partial charge is 0.340 e. The van der Waals surface area contributed by atoms with Crippen LogP contribution in [0, 0.1) is 13.8 Å². The third kappa shape index (κ3) is 3.33. The van der Waals surface area contributed by atoms with E-state index in [1.165, 1.54) is 7.11 Å². The van der Waals surface area contributed by atoms with Crippen molar-refractivity contribution in [2.24, 2.45) is 0 Å². The molecule has 0 fully saturated rings. The maximum absolute atomic E-state index is 12.9. The molecule has 0 N–H and O–H groups in total. The van der Waals surface area contributed by atoms with Crippen LogP contribution >= 0.6 is 15.9 Å². The molecule has 1 aromatic carbocycles. The first-order valence-corrected chi connectivity index (χ1v) is 9.87. The highest BCUT2D eigenvalue weighted by atomic mass is 79.9. The summed E-state index contributed by atoms with van der Waals surface area (Å²) in [6.45, 7) is 8.19. The van der Waals surface area contributed by atoms with Crippen molar-refractivity contribution >= 4 is 33.9 Å². The van der Waals surface area contributed by atoms with Crippen LogP contribution in [0.3, 0.4) is 0 Å². The number of amides is 1. The van der Waals surface area contributed by atoms with Crippen molar-refractivity contribution in [2.45, 2.75) is 27.7 Å². The minimum Gasteiger partial charge on any atom is -0.465 e. The molecule has 0 atom stereocenters. The number of nitrogens with zero attached hydrogens (tertiary/aromatic N) is 2. The summed E-state index contributed by atoms with van der Waals surface area (Å²) in [6, 6.07) is 10.1. The van der Waals surface area contributed by atoms with Crippen molar-refractivity contribution in [3.05, 3.63) is 68.6 Å². The average molecular weight is 443 g/mol. The Kier molecular flexibility index (Phi) is 5.61. The van der Waals surface area contributed by atoms with Gasteiger partial charge in [0.25, 0.3) is 5.91 Å². The molecular formula is C22H23BrN2O3. The van der Waals surface area contributed by atoms with E-state index in [1.807, 2.05) is 51.1 Å². The van der Waals surface area contributed by atoms with Crippen LogP contribution in [0.5, 0.6) is 0 Å². The molecule has 6 heteroatoms. The molecule has 0 aliphatic carbocycles. The number of ether oxygens (including phenoxy) is 1. The van der Waals surface area contributed by atoms with Gasteiger partial charge in [0.1, 0.15) is 0 Å². The molecule has 0 saturated heterocycles. The Morgan fingerprint density at radius 1 is 1.21 bits per heavy atom. The number of hydrogen-bond acceptors (Lipinski definition) is 3. The van der Waals surface area contributed by atoms with Gasteiger partial charge in [-0.3, -0.25) is 4.79 Å². The van der Waals surface area contributed by atoms with Gasteiger partial charge in [-0.2, -0.15) is 0 Å². The number of rotatable bonds is 4. The minimum atomic E-state index is -0.492. The zero-order valence-electron chi connectivity index (χ0n) is 16.7. The summed E-state index contributed by atoms with van der Waals surface area (Å²) >= 11 is 3.51. The van der Waals surface area contributed by atoms with Crippen LogP contribution in [-0.4, -0.2) is 35.0 Å². The minimum absolute atomic E-state index is 0.173. The van der Waals surface area contributed by atoms with Crippen LogP contribution in [0.15, 0.2) is 51.6 Å². The van der Waals surface area contributed by atoms with Crippen LogP contribution < -0.4 is 0 Å². The molecule has 28 heavy (non-hydrogen) atoms. The van der Waals surface area contributed by atoms with Gasteiger partial charge in [0.05, 0.1) is 18.3 Å². The molecule has 146 valence electrons. The number of benzene rings is 1. The van der Waals surface area contributed by atoms with E-state index in [0.29, 0.717) is 23.4 Å². The van der Waals surface area contributed by atoms with E-state index in [1.54, 1.807) is 17.9 Å². The van der Waals surface area contributed by atoms with Crippen LogP contribution in [0.2, 0.25) is 0 Å². The van der Waals surface area contributed by atoms with Gasteiger partial charge in [0.15, 0.2) is 0 Å². The number of aromatic nitrogens is 1. The molecule has 1 aliphatic rings. The number of methoxy groups -OCH3 is 1. The fourth-order valence-electron chi connectivity index (χ4n) is 3.71. The zero-order chi connectivity index (χ0) is 20.6. The Balaban J connectivity index is 2.14. The molecule has 5 nitrogen and oxygen atoms in total. The quantitative estimate of drug-likeness (QED) is 0.515. The first kappa shape index (κ1) is 20.1. The Morgan fingerprint density at radius 3 is 2.54 bits per heavy atom. The summed E-state index contributed by atoms with van der Waals surface area (Å²) in [5.41, 5.74) is 5.30. The SMILES string of the molecule is CCN1C(=O)C(=Cc2cc(C)n(-c3cccc(Br)c3)c2C)C(C(=O)OC)=C1C. The summed E-state index contributed by atoms with van der Waals surface area (Å²) in [5, 5.41) is 0. The van der Waals surface area contributed by atoms with Gasteiger partial charge in [0.2, 0.25) is 0 Å². The molecule has 2 aromatic rings. The second-order valence-corrected chi connectivity index (χ2v) is 7.62. The predicted octanol–water partition coefficient (Wildman–Crippen LogP) is 4.55. The van der Waals surface area contributed by atoms with Crippen molar-refractivity contribution in [1.82, 2.24) is 9.47 Å². The maximum atomic E-state index is 12.9. The molecule has 0 unspecified atom stereocenters. The number of aryl methyl sites for hydroxylation is 1. The van der Waals surface area contributed by atoms with Gasteiger partial charge >= 0.3 is 5.97 Å². The highest BCUT2D eigenvalue weighted by Crippen LogP contribution is 2.33. The molecule has 3 rings (SSSR count). The van der Waals surface area contributed by atoms with E-state index in [9.17, 15) is 9.59 Å². The lowest BCUT2D eigenvalue weighted by atomic mass is 10.0. The predicted molar refractivity (Wildman–Crippen MR) is 113 cm³/mol. The van der Waals surface area contributed by atoms with Crippen LogP contribution in [0.25, 0.3) is 11.8 Å². The Morgan fingerprint density at radius 2 is 1.93 bits per heavy atom. The van der Waals surface area contributed by atoms with Crippen molar-refractivity contribution in [3.8, 4) is 5.69 Å². The summed E-state index contributed by atoms with van der Waals surface area (Å²) in [4.78, 5) is 26.8. The highest BCUT2D eigenvalue weighted by Gasteiger charge is 2.36. The fourth-order valence-corrected chi connectivity index (χ4v) is 4.10. The van der Waals surface area contributed by atoms with Crippen molar-refractivity contribution in [3.63, 3.8) is 0 Å². The molecule has 1 aromatic heterocycles. The van der Waals surface area contributed by atoms with Crippen molar-refractivity contribution in [2.75, 3.05) is 13.7 Å². The average Bonchev–Trinajstić information content (AvgIpc) is 3.07. The lowest BCUT2D eigenvalue weighted by molar-refractivity contribution is -0.136. The fraction of sp³-hybridized carbons (Fsp3) is 0.273. The Bertz CT molecular complexity index is 1030. The van der Waals surface area contributed by atoms with Gasteiger partial charge in [0, 0.05) is 33.8 Å². The lowest BCUT2D eigenvalue weighted by Gasteiger charge is -2.14. The Hall–Kier alpha value is -2.60. The zero-order valence-corrected chi connectivity index (χ0v) is 18.3. The number of carbonyl (C=O) groups excluding carboxylic acids is 2. The third-order valence-electron chi connectivity index (χ3n) is 5.05. The largest absolute Gasteiger partial charge is 0.465 e. The van der Waals surface area contributed by atoms with E-state index in [0.717, 1.165) is 27.1 Å². The lowest BCUT2D eigenvalue weighted by Crippen LogP contribution is -2.24. The van der Waals surface area contributed by atoms with Crippen LogP contribution in [-0.2, 0) is 14.3 Å². The van der Waals surface area contributed by atoms with Gasteiger partial charge in [-0.05, 0) is 63.6 Å². The molecular weight excluding hydrogens is 420 g/mol. The molecule has 0 radical (unpaired) electrons. The molecule has 1 amide bonds. The van der Waals surface area contributed by atoms with Gasteiger partial charge < -0.3 is 14.2 Å². The number of halogens is 1. The topological polar surface area (TPSA) is 51.5 Å². The monoisotopic (exact) mass is 442 g/mol. The Labute approximate surface area is 173 Å². The molecule has 0 spiro atoms. The molecule has 0 saturated carbocycles. The van der Waals surface area contributed by atoms with E-state index >= 15 is 0 Å². The summed E-state index contributed by atoms with van der Waals surface area (Å²) < 4.78 is 8.05. The number of allylic oxidation sites excluding steroid dienone is 1. The van der Waals surface area contributed by atoms with E-state index in [4.69, 9.17) is 4.74 Å². The van der Waals surface area contributed by atoms with E-state index < -0.39 is 5.97 Å².